The summed E-state index contributed by atoms with van der Waals surface area (Å²) in [6.07, 6.45) is 0. The highest BCUT2D eigenvalue weighted by atomic mass is 127. The van der Waals surface area contributed by atoms with E-state index in [2.05, 4.69) is 15.6 Å². The summed E-state index contributed by atoms with van der Waals surface area (Å²) in [6, 6.07) is 11.7. The fraction of sp³-hybridized carbons (Fsp3) is 0.381. The zero-order chi connectivity index (χ0) is 20.4. The van der Waals surface area contributed by atoms with Crippen LogP contribution in [-0.2, 0) is 13.1 Å². The summed E-state index contributed by atoms with van der Waals surface area (Å²) >= 11 is 6.34. The van der Waals surface area contributed by atoms with Crippen LogP contribution in [0.3, 0.4) is 0 Å². The summed E-state index contributed by atoms with van der Waals surface area (Å²) in [6.45, 7) is 6.34. The fourth-order valence-corrected chi connectivity index (χ4v) is 2.88. The van der Waals surface area contributed by atoms with Crippen molar-refractivity contribution >= 4 is 41.5 Å². The van der Waals surface area contributed by atoms with Crippen molar-refractivity contribution in [1.82, 2.24) is 10.6 Å². The van der Waals surface area contributed by atoms with Crippen LogP contribution in [0, 0.1) is 0 Å². The molecule has 0 aliphatic heterocycles. The van der Waals surface area contributed by atoms with Gasteiger partial charge in [-0.2, -0.15) is 0 Å². The lowest BCUT2D eigenvalue weighted by molar-refractivity contribution is 0.311. The molecular weight excluding hydrogens is 505 g/mol. The van der Waals surface area contributed by atoms with Gasteiger partial charge in [-0.05, 0) is 49.2 Å². The molecule has 0 aromatic heterocycles. The molecule has 0 aliphatic carbocycles. The van der Waals surface area contributed by atoms with Crippen LogP contribution < -0.4 is 24.8 Å². The number of benzene rings is 2. The first-order valence-electron chi connectivity index (χ1n) is 9.25. The molecule has 0 radical (unpaired) electrons. The first kappa shape index (κ1) is 25.2. The van der Waals surface area contributed by atoms with Gasteiger partial charge in [-0.15, -0.1) is 24.0 Å². The molecule has 2 aromatic carbocycles. The topological polar surface area (TPSA) is 64.1 Å². The van der Waals surface area contributed by atoms with Crippen molar-refractivity contribution in [2.24, 2.45) is 4.99 Å². The normalized spacial score (nSPS) is 10.7. The molecule has 0 amide bonds. The summed E-state index contributed by atoms with van der Waals surface area (Å²) in [5.74, 6) is 2.73. The van der Waals surface area contributed by atoms with Gasteiger partial charge >= 0.3 is 0 Å². The Morgan fingerprint density at radius 2 is 1.72 bits per heavy atom. The predicted octanol–water partition coefficient (Wildman–Crippen LogP) is 4.63. The molecule has 2 aromatic rings. The van der Waals surface area contributed by atoms with Crippen LogP contribution in [0.1, 0.15) is 25.0 Å². The first-order valence-corrected chi connectivity index (χ1v) is 9.63. The zero-order valence-corrected chi connectivity index (χ0v) is 20.3. The molecular formula is C21H29ClIN3O3. The smallest absolute Gasteiger partial charge is 0.191 e. The van der Waals surface area contributed by atoms with Crippen molar-refractivity contribution < 1.29 is 14.2 Å². The number of methoxy groups -OCH3 is 2. The van der Waals surface area contributed by atoms with E-state index in [4.69, 9.17) is 25.8 Å². The van der Waals surface area contributed by atoms with Gasteiger partial charge in [0.05, 0.1) is 32.4 Å². The highest BCUT2D eigenvalue weighted by Crippen LogP contribution is 2.36. The molecule has 0 atom stereocenters. The molecule has 29 heavy (non-hydrogen) atoms. The molecule has 2 rings (SSSR count). The van der Waals surface area contributed by atoms with Gasteiger partial charge in [0.2, 0.25) is 0 Å². The maximum absolute atomic E-state index is 6.34. The van der Waals surface area contributed by atoms with Gasteiger partial charge in [0.1, 0.15) is 5.75 Å². The Balaban J connectivity index is 0.00000420. The Kier molecular flexibility index (Phi) is 11.6. The van der Waals surface area contributed by atoms with Gasteiger partial charge in [-0.25, -0.2) is 4.99 Å². The van der Waals surface area contributed by atoms with Crippen molar-refractivity contribution in [3.05, 3.63) is 52.5 Å². The van der Waals surface area contributed by atoms with E-state index < -0.39 is 0 Å². The van der Waals surface area contributed by atoms with Crippen molar-refractivity contribution in [2.75, 3.05) is 27.4 Å². The van der Waals surface area contributed by atoms with Crippen LogP contribution in [0.15, 0.2) is 41.4 Å². The third-order valence-electron chi connectivity index (χ3n) is 3.96. The zero-order valence-electron chi connectivity index (χ0n) is 17.3. The summed E-state index contributed by atoms with van der Waals surface area (Å²) < 4.78 is 16.1. The number of hydrogen-bond acceptors (Lipinski definition) is 4. The largest absolute Gasteiger partial charge is 0.497 e. The molecule has 0 saturated carbocycles. The second kappa shape index (κ2) is 13.4. The number of guanidine groups is 1. The Morgan fingerprint density at radius 1 is 1.00 bits per heavy atom. The van der Waals surface area contributed by atoms with Gasteiger partial charge in [0.15, 0.2) is 17.5 Å². The predicted molar refractivity (Wildman–Crippen MR) is 129 cm³/mol. The van der Waals surface area contributed by atoms with Gasteiger partial charge in [0, 0.05) is 13.1 Å². The quantitative estimate of drug-likeness (QED) is 0.280. The van der Waals surface area contributed by atoms with Crippen LogP contribution >= 0.6 is 35.6 Å². The highest BCUT2D eigenvalue weighted by molar-refractivity contribution is 14.0. The second-order valence-electron chi connectivity index (χ2n) is 5.94. The van der Waals surface area contributed by atoms with Crippen LogP contribution in [0.2, 0.25) is 5.02 Å². The number of aliphatic imine (C=N–C) groups is 1. The van der Waals surface area contributed by atoms with E-state index in [1.54, 1.807) is 14.2 Å². The number of nitrogens with one attached hydrogen (secondary N) is 2. The molecule has 6 nitrogen and oxygen atoms in total. The number of hydrogen-bond donors (Lipinski definition) is 2. The van der Waals surface area contributed by atoms with E-state index in [1.165, 1.54) is 0 Å². The molecule has 0 spiro atoms. The lowest BCUT2D eigenvalue weighted by Gasteiger charge is -2.14. The van der Waals surface area contributed by atoms with Crippen molar-refractivity contribution in [2.45, 2.75) is 26.9 Å². The summed E-state index contributed by atoms with van der Waals surface area (Å²) in [7, 11) is 3.26. The van der Waals surface area contributed by atoms with E-state index >= 15 is 0 Å². The van der Waals surface area contributed by atoms with Gasteiger partial charge in [-0.1, -0.05) is 23.7 Å². The van der Waals surface area contributed by atoms with Gasteiger partial charge < -0.3 is 24.8 Å². The summed E-state index contributed by atoms with van der Waals surface area (Å²) in [5.41, 5.74) is 2.07. The molecule has 0 fully saturated rings. The minimum absolute atomic E-state index is 0. The average Bonchev–Trinajstić information content (AvgIpc) is 2.72. The minimum Gasteiger partial charge on any atom is -0.497 e. The Bertz CT molecular complexity index is 785. The Hall–Kier alpha value is -1.87. The monoisotopic (exact) mass is 533 g/mol. The first-order chi connectivity index (χ1) is 13.6. The number of halogens is 2. The van der Waals surface area contributed by atoms with Crippen molar-refractivity contribution in [1.29, 1.82) is 0 Å². The molecule has 2 N–H and O–H groups in total. The number of nitrogens with zero attached hydrogens (tertiary/aromatic N) is 1. The molecule has 0 saturated heterocycles. The second-order valence-corrected chi connectivity index (χ2v) is 6.35. The molecule has 0 unspecified atom stereocenters. The highest BCUT2D eigenvalue weighted by Gasteiger charge is 2.11. The van der Waals surface area contributed by atoms with E-state index in [9.17, 15) is 0 Å². The Labute approximate surface area is 195 Å². The maximum atomic E-state index is 6.34. The summed E-state index contributed by atoms with van der Waals surface area (Å²) in [4.78, 5) is 4.64. The maximum Gasteiger partial charge on any atom is 0.191 e. The van der Waals surface area contributed by atoms with Crippen LogP contribution in [0.4, 0.5) is 0 Å². The molecule has 160 valence electrons. The van der Waals surface area contributed by atoms with Crippen molar-refractivity contribution in [3.8, 4) is 17.2 Å². The van der Waals surface area contributed by atoms with Crippen LogP contribution in [0.5, 0.6) is 17.2 Å². The van der Waals surface area contributed by atoms with E-state index in [0.29, 0.717) is 36.2 Å². The SMILES string of the molecule is CCNC(=NCc1cc(Cl)c(OCC)c(OC)c1)NCc1ccc(OC)cc1.I. The standard InChI is InChI=1S/C21H28ClN3O3.HI/c1-5-23-21(24-13-15-7-9-17(26-3)10-8-15)25-14-16-11-18(22)20(28-6-2)19(12-16)27-4;/h7-12H,5-6,13-14H2,1-4H3,(H2,23,24,25);1H. The molecule has 0 heterocycles. The minimum atomic E-state index is 0. The van der Waals surface area contributed by atoms with Crippen LogP contribution in [-0.4, -0.2) is 33.3 Å². The lowest BCUT2D eigenvalue weighted by atomic mass is 10.2. The number of ether oxygens (including phenoxy) is 3. The number of rotatable bonds is 9. The average molecular weight is 534 g/mol. The lowest BCUT2D eigenvalue weighted by Crippen LogP contribution is -2.36. The van der Waals surface area contributed by atoms with Crippen LogP contribution in [0.25, 0.3) is 0 Å². The molecule has 0 bridgehead atoms. The van der Waals surface area contributed by atoms with E-state index in [0.717, 1.165) is 29.4 Å². The van der Waals surface area contributed by atoms with Gasteiger partial charge in [0.25, 0.3) is 0 Å². The molecule has 0 aliphatic rings. The third kappa shape index (κ3) is 7.81. The van der Waals surface area contributed by atoms with Gasteiger partial charge in [-0.3, -0.25) is 0 Å². The van der Waals surface area contributed by atoms with E-state index in [-0.39, 0.29) is 24.0 Å². The summed E-state index contributed by atoms with van der Waals surface area (Å²) in [5, 5.41) is 7.09. The third-order valence-corrected chi connectivity index (χ3v) is 4.24. The molecule has 8 heteroatoms. The fourth-order valence-electron chi connectivity index (χ4n) is 2.59. The van der Waals surface area contributed by atoms with Crippen molar-refractivity contribution in [3.63, 3.8) is 0 Å². The Morgan fingerprint density at radius 3 is 2.31 bits per heavy atom. The van der Waals surface area contributed by atoms with E-state index in [1.807, 2.05) is 50.2 Å².